The number of ether oxygens (including phenoxy) is 2. The van der Waals surface area contributed by atoms with E-state index in [-0.39, 0.29) is 12.2 Å². The fraction of sp³-hybridized carbons (Fsp3) is 0.533. The van der Waals surface area contributed by atoms with Crippen LogP contribution in [-0.4, -0.2) is 32.0 Å². The summed E-state index contributed by atoms with van der Waals surface area (Å²) in [5.74, 6) is -0.0833. The first-order valence-corrected chi connectivity index (χ1v) is 6.67. The lowest BCUT2D eigenvalue weighted by atomic mass is 10.0. The third-order valence-corrected chi connectivity index (χ3v) is 2.84. The first-order chi connectivity index (χ1) is 9.10. The number of hydrogen-bond donors (Lipinski definition) is 1. The van der Waals surface area contributed by atoms with Crippen molar-refractivity contribution in [1.82, 2.24) is 5.32 Å². The molecule has 0 aliphatic rings. The van der Waals surface area contributed by atoms with Crippen molar-refractivity contribution in [3.8, 4) is 0 Å². The van der Waals surface area contributed by atoms with Crippen LogP contribution >= 0.6 is 0 Å². The van der Waals surface area contributed by atoms with Gasteiger partial charge in [-0.1, -0.05) is 18.2 Å². The van der Waals surface area contributed by atoms with E-state index in [1.165, 1.54) is 0 Å². The van der Waals surface area contributed by atoms with Crippen molar-refractivity contribution in [3.63, 3.8) is 0 Å². The molecule has 0 saturated heterocycles. The summed E-state index contributed by atoms with van der Waals surface area (Å²) in [4.78, 5) is 12.2. The minimum Gasteiger partial charge on any atom is -0.351 e. The molecule has 0 radical (unpaired) electrons. The van der Waals surface area contributed by atoms with Gasteiger partial charge < -0.3 is 14.8 Å². The van der Waals surface area contributed by atoms with E-state index in [1.807, 2.05) is 45.9 Å². The number of benzene rings is 1. The van der Waals surface area contributed by atoms with Crippen LogP contribution in [0.1, 0.15) is 35.3 Å². The highest BCUT2D eigenvalue weighted by Gasteiger charge is 2.14. The van der Waals surface area contributed by atoms with Gasteiger partial charge in [-0.15, -0.1) is 0 Å². The van der Waals surface area contributed by atoms with Crippen molar-refractivity contribution in [2.24, 2.45) is 0 Å². The van der Waals surface area contributed by atoms with Crippen LogP contribution in [0.5, 0.6) is 0 Å². The molecular formula is C15H23NO3. The van der Waals surface area contributed by atoms with E-state index in [2.05, 4.69) is 5.32 Å². The Morgan fingerprint density at radius 3 is 2.16 bits per heavy atom. The highest BCUT2D eigenvalue weighted by molar-refractivity contribution is 5.97. The van der Waals surface area contributed by atoms with Crippen molar-refractivity contribution in [1.29, 1.82) is 0 Å². The molecule has 1 aromatic rings. The molecule has 0 saturated carbocycles. The average Bonchev–Trinajstić information content (AvgIpc) is 2.36. The summed E-state index contributed by atoms with van der Waals surface area (Å²) in [6, 6.07) is 5.82. The molecule has 0 bridgehead atoms. The zero-order chi connectivity index (χ0) is 14.3. The molecule has 0 unspecified atom stereocenters. The smallest absolute Gasteiger partial charge is 0.251 e. The van der Waals surface area contributed by atoms with Gasteiger partial charge >= 0.3 is 0 Å². The van der Waals surface area contributed by atoms with Crippen molar-refractivity contribution < 1.29 is 14.3 Å². The SMILES string of the molecule is CCOC(CNC(=O)c1c(C)cccc1C)OCC. The molecule has 0 fully saturated rings. The molecule has 106 valence electrons. The minimum atomic E-state index is -0.386. The molecule has 0 aliphatic heterocycles. The predicted octanol–water partition coefficient (Wildman–Crippen LogP) is 2.43. The molecule has 1 aromatic carbocycles. The van der Waals surface area contributed by atoms with Gasteiger partial charge in [-0.05, 0) is 38.8 Å². The molecule has 0 atom stereocenters. The van der Waals surface area contributed by atoms with E-state index >= 15 is 0 Å². The first kappa shape index (κ1) is 15.7. The lowest BCUT2D eigenvalue weighted by molar-refractivity contribution is -0.131. The van der Waals surface area contributed by atoms with Gasteiger partial charge in [0.1, 0.15) is 0 Å². The van der Waals surface area contributed by atoms with E-state index < -0.39 is 0 Å². The molecule has 0 aromatic heterocycles. The fourth-order valence-corrected chi connectivity index (χ4v) is 1.97. The van der Waals surface area contributed by atoms with Gasteiger partial charge in [0.15, 0.2) is 6.29 Å². The minimum absolute atomic E-state index is 0.0833. The molecule has 19 heavy (non-hydrogen) atoms. The molecule has 1 amide bonds. The number of carbonyl (C=O) groups excluding carboxylic acids is 1. The van der Waals surface area contributed by atoms with Crippen LogP contribution in [0, 0.1) is 13.8 Å². The molecular weight excluding hydrogens is 242 g/mol. The number of hydrogen-bond acceptors (Lipinski definition) is 3. The van der Waals surface area contributed by atoms with Gasteiger partial charge in [0.25, 0.3) is 5.91 Å². The average molecular weight is 265 g/mol. The van der Waals surface area contributed by atoms with Gasteiger partial charge in [-0.2, -0.15) is 0 Å². The molecule has 4 nitrogen and oxygen atoms in total. The summed E-state index contributed by atoms with van der Waals surface area (Å²) < 4.78 is 10.8. The Kier molecular flexibility index (Phi) is 6.53. The van der Waals surface area contributed by atoms with Crippen molar-refractivity contribution in [2.45, 2.75) is 34.0 Å². The van der Waals surface area contributed by atoms with E-state index in [9.17, 15) is 4.79 Å². The zero-order valence-electron chi connectivity index (χ0n) is 12.2. The number of amides is 1. The maximum absolute atomic E-state index is 12.2. The first-order valence-electron chi connectivity index (χ1n) is 6.67. The normalized spacial score (nSPS) is 10.8. The Morgan fingerprint density at radius 1 is 1.16 bits per heavy atom. The second-order valence-corrected chi connectivity index (χ2v) is 4.32. The molecule has 1 rings (SSSR count). The summed E-state index contributed by atoms with van der Waals surface area (Å²) in [6.45, 7) is 9.15. The van der Waals surface area contributed by atoms with E-state index in [1.54, 1.807) is 0 Å². The molecule has 0 aliphatic carbocycles. The lowest BCUT2D eigenvalue weighted by Gasteiger charge is -2.18. The maximum Gasteiger partial charge on any atom is 0.251 e. The highest BCUT2D eigenvalue weighted by atomic mass is 16.7. The Morgan fingerprint density at radius 2 is 1.68 bits per heavy atom. The van der Waals surface area contributed by atoms with Gasteiger partial charge in [0.2, 0.25) is 0 Å². The maximum atomic E-state index is 12.2. The highest BCUT2D eigenvalue weighted by Crippen LogP contribution is 2.12. The number of carbonyl (C=O) groups is 1. The van der Waals surface area contributed by atoms with E-state index in [4.69, 9.17) is 9.47 Å². The summed E-state index contributed by atoms with van der Waals surface area (Å²) in [6.07, 6.45) is -0.386. The van der Waals surface area contributed by atoms with Crippen LogP contribution in [0.15, 0.2) is 18.2 Å². The molecule has 0 heterocycles. The Labute approximate surface area is 115 Å². The summed E-state index contributed by atoms with van der Waals surface area (Å²) in [7, 11) is 0. The van der Waals surface area contributed by atoms with Crippen molar-refractivity contribution >= 4 is 5.91 Å². The van der Waals surface area contributed by atoms with E-state index in [0.717, 1.165) is 16.7 Å². The van der Waals surface area contributed by atoms with E-state index in [0.29, 0.717) is 19.8 Å². The largest absolute Gasteiger partial charge is 0.351 e. The molecule has 1 N–H and O–H groups in total. The van der Waals surface area contributed by atoms with Crippen molar-refractivity contribution in [2.75, 3.05) is 19.8 Å². The number of rotatable bonds is 7. The lowest BCUT2D eigenvalue weighted by Crippen LogP contribution is -2.36. The summed E-state index contributed by atoms with van der Waals surface area (Å²) in [5, 5.41) is 2.86. The van der Waals surface area contributed by atoms with Crippen LogP contribution in [0.25, 0.3) is 0 Å². The fourth-order valence-electron chi connectivity index (χ4n) is 1.97. The van der Waals surface area contributed by atoms with Crippen LogP contribution in [0.4, 0.5) is 0 Å². The van der Waals surface area contributed by atoms with Gasteiger partial charge in [-0.25, -0.2) is 0 Å². The number of aryl methyl sites for hydroxylation is 2. The Bertz CT molecular complexity index is 392. The summed E-state index contributed by atoms with van der Waals surface area (Å²) in [5.41, 5.74) is 2.68. The predicted molar refractivity (Wildman–Crippen MR) is 75.3 cm³/mol. The van der Waals surface area contributed by atoms with Gasteiger partial charge in [0, 0.05) is 18.8 Å². The second kappa shape index (κ2) is 7.92. The Hall–Kier alpha value is -1.39. The molecule has 0 spiro atoms. The zero-order valence-corrected chi connectivity index (χ0v) is 12.2. The quantitative estimate of drug-likeness (QED) is 0.770. The van der Waals surface area contributed by atoms with Crippen LogP contribution < -0.4 is 5.32 Å². The third-order valence-electron chi connectivity index (χ3n) is 2.84. The summed E-state index contributed by atoms with van der Waals surface area (Å²) >= 11 is 0. The van der Waals surface area contributed by atoms with Gasteiger partial charge in [-0.3, -0.25) is 4.79 Å². The second-order valence-electron chi connectivity index (χ2n) is 4.32. The standard InChI is InChI=1S/C15H23NO3/c1-5-18-13(19-6-2)10-16-15(17)14-11(3)8-7-9-12(14)4/h7-9,13H,5-6,10H2,1-4H3,(H,16,17). The monoisotopic (exact) mass is 265 g/mol. The molecule has 4 heteroatoms. The number of nitrogens with one attached hydrogen (secondary N) is 1. The Balaban J connectivity index is 2.64. The topological polar surface area (TPSA) is 47.6 Å². The van der Waals surface area contributed by atoms with Crippen LogP contribution in [-0.2, 0) is 9.47 Å². The van der Waals surface area contributed by atoms with Gasteiger partial charge in [0.05, 0.1) is 6.54 Å². The van der Waals surface area contributed by atoms with Crippen LogP contribution in [0.3, 0.4) is 0 Å². The van der Waals surface area contributed by atoms with Crippen molar-refractivity contribution in [3.05, 3.63) is 34.9 Å². The van der Waals surface area contributed by atoms with Crippen LogP contribution in [0.2, 0.25) is 0 Å². The third kappa shape index (κ3) is 4.65.